The molecule has 3 aromatic rings. The van der Waals surface area contributed by atoms with Crippen molar-refractivity contribution in [2.75, 3.05) is 6.54 Å². The predicted octanol–water partition coefficient (Wildman–Crippen LogP) is 3.93. The van der Waals surface area contributed by atoms with E-state index in [2.05, 4.69) is 10.4 Å². The third-order valence-corrected chi connectivity index (χ3v) is 5.06. The maximum absolute atomic E-state index is 12.6. The highest BCUT2D eigenvalue weighted by Gasteiger charge is 2.20. The van der Waals surface area contributed by atoms with E-state index in [-0.39, 0.29) is 22.6 Å². The van der Waals surface area contributed by atoms with Gasteiger partial charge in [-0.05, 0) is 42.7 Å². The largest absolute Gasteiger partial charge is 0.504 e. The van der Waals surface area contributed by atoms with Gasteiger partial charge in [-0.2, -0.15) is 5.10 Å². The van der Waals surface area contributed by atoms with Crippen molar-refractivity contribution in [1.82, 2.24) is 15.1 Å². The second kappa shape index (κ2) is 8.54. The van der Waals surface area contributed by atoms with Crippen molar-refractivity contribution in [2.45, 2.75) is 19.9 Å². The number of aryl methyl sites for hydroxylation is 1. The molecule has 0 aliphatic rings. The Balaban J connectivity index is 1.67. The van der Waals surface area contributed by atoms with Crippen LogP contribution in [0.1, 0.15) is 27.2 Å². The minimum atomic E-state index is -0.323. The van der Waals surface area contributed by atoms with Gasteiger partial charge < -0.3 is 15.5 Å². The first kappa shape index (κ1) is 20.0. The highest BCUT2D eigenvalue weighted by Crippen LogP contribution is 2.25. The number of carbonyl (C=O) groups excluding carboxylic acids is 1. The van der Waals surface area contributed by atoms with Crippen LogP contribution < -0.4 is 5.32 Å². The third kappa shape index (κ3) is 4.40. The Morgan fingerprint density at radius 3 is 2.61 bits per heavy atom. The fraction of sp³-hybridized carbons (Fsp3) is 0.200. The van der Waals surface area contributed by atoms with E-state index in [1.165, 1.54) is 12.1 Å². The molecule has 0 spiro atoms. The molecule has 0 unspecified atom stereocenters. The van der Waals surface area contributed by atoms with E-state index >= 15 is 0 Å². The van der Waals surface area contributed by atoms with Crippen LogP contribution in [-0.4, -0.2) is 32.4 Å². The molecule has 0 aliphatic heterocycles. The second-order valence-electron chi connectivity index (χ2n) is 6.33. The number of amides is 1. The van der Waals surface area contributed by atoms with Gasteiger partial charge in [0.25, 0.3) is 5.91 Å². The van der Waals surface area contributed by atoms with Gasteiger partial charge >= 0.3 is 0 Å². The molecule has 0 aliphatic carbocycles. The number of aromatic nitrogens is 2. The summed E-state index contributed by atoms with van der Waals surface area (Å²) in [5.41, 5.74) is 2.49. The van der Waals surface area contributed by atoms with Crippen molar-refractivity contribution in [3.05, 3.63) is 75.0 Å². The number of hydrogen-bond donors (Lipinski definition) is 3. The molecule has 3 rings (SSSR count). The van der Waals surface area contributed by atoms with Gasteiger partial charge in [0.15, 0.2) is 11.5 Å². The van der Waals surface area contributed by atoms with Crippen LogP contribution in [0.15, 0.2) is 42.5 Å². The molecule has 0 fully saturated rings. The Bertz CT molecular complexity index is 1020. The van der Waals surface area contributed by atoms with Crippen LogP contribution in [0.5, 0.6) is 11.5 Å². The van der Waals surface area contributed by atoms with E-state index in [4.69, 9.17) is 23.2 Å². The van der Waals surface area contributed by atoms with E-state index in [1.807, 2.05) is 18.2 Å². The number of benzene rings is 2. The summed E-state index contributed by atoms with van der Waals surface area (Å²) in [6.07, 6.45) is 0.490. The van der Waals surface area contributed by atoms with Gasteiger partial charge in [-0.1, -0.05) is 47.5 Å². The van der Waals surface area contributed by atoms with Gasteiger partial charge in [0.1, 0.15) is 5.15 Å². The van der Waals surface area contributed by atoms with Crippen molar-refractivity contribution in [3.8, 4) is 11.5 Å². The summed E-state index contributed by atoms with van der Waals surface area (Å²) < 4.78 is 1.55. The maximum Gasteiger partial charge on any atom is 0.256 e. The lowest BCUT2D eigenvalue weighted by Gasteiger charge is -2.07. The Morgan fingerprint density at radius 1 is 1.14 bits per heavy atom. The molecule has 0 radical (unpaired) electrons. The van der Waals surface area contributed by atoms with Gasteiger partial charge in [-0.15, -0.1) is 0 Å². The van der Waals surface area contributed by atoms with Gasteiger partial charge in [0.2, 0.25) is 0 Å². The smallest absolute Gasteiger partial charge is 0.256 e. The van der Waals surface area contributed by atoms with E-state index < -0.39 is 0 Å². The number of phenolic OH excluding ortho intramolecular Hbond substituents is 2. The number of phenols is 2. The number of halogens is 2. The lowest BCUT2D eigenvalue weighted by atomic mass is 10.1. The zero-order valence-corrected chi connectivity index (χ0v) is 16.6. The lowest BCUT2D eigenvalue weighted by molar-refractivity contribution is 0.0953. The van der Waals surface area contributed by atoms with Crippen LogP contribution in [-0.2, 0) is 13.0 Å². The number of aromatic hydroxyl groups is 2. The van der Waals surface area contributed by atoms with Crippen LogP contribution in [0, 0.1) is 6.92 Å². The Kier molecular flexibility index (Phi) is 6.11. The fourth-order valence-electron chi connectivity index (χ4n) is 2.84. The van der Waals surface area contributed by atoms with Crippen LogP contribution in [0.2, 0.25) is 10.2 Å². The maximum atomic E-state index is 12.6. The molecule has 2 aromatic carbocycles. The summed E-state index contributed by atoms with van der Waals surface area (Å²) in [5.74, 6) is -0.694. The highest BCUT2D eigenvalue weighted by molar-refractivity contribution is 6.33. The first-order valence-electron chi connectivity index (χ1n) is 8.62. The zero-order chi connectivity index (χ0) is 20.3. The molecule has 0 saturated carbocycles. The average Bonchev–Trinajstić information content (AvgIpc) is 2.93. The molecule has 0 bridgehead atoms. The van der Waals surface area contributed by atoms with Gasteiger partial charge in [-0.3, -0.25) is 4.79 Å². The van der Waals surface area contributed by atoms with Crippen molar-refractivity contribution in [3.63, 3.8) is 0 Å². The summed E-state index contributed by atoms with van der Waals surface area (Å²) in [4.78, 5) is 12.6. The minimum absolute atomic E-state index is 0.180. The van der Waals surface area contributed by atoms with Crippen LogP contribution in [0.4, 0.5) is 0 Å². The van der Waals surface area contributed by atoms with E-state index in [9.17, 15) is 15.0 Å². The zero-order valence-electron chi connectivity index (χ0n) is 15.1. The van der Waals surface area contributed by atoms with Crippen molar-refractivity contribution < 1.29 is 15.0 Å². The fourth-order valence-corrected chi connectivity index (χ4v) is 3.35. The summed E-state index contributed by atoms with van der Waals surface area (Å²) in [6, 6.07) is 11.9. The van der Waals surface area contributed by atoms with Gasteiger partial charge in [0.05, 0.1) is 17.8 Å². The molecule has 28 heavy (non-hydrogen) atoms. The average molecular weight is 420 g/mol. The molecule has 0 saturated heterocycles. The molecular weight excluding hydrogens is 401 g/mol. The lowest BCUT2D eigenvalue weighted by Crippen LogP contribution is -2.26. The number of carbonyl (C=O) groups is 1. The van der Waals surface area contributed by atoms with E-state index in [0.717, 1.165) is 11.1 Å². The Labute approximate surface area is 172 Å². The first-order chi connectivity index (χ1) is 13.4. The number of nitrogens with zero attached hydrogens (tertiary/aromatic N) is 2. The van der Waals surface area contributed by atoms with Crippen LogP contribution in [0.25, 0.3) is 0 Å². The summed E-state index contributed by atoms with van der Waals surface area (Å²) >= 11 is 12.6. The van der Waals surface area contributed by atoms with Crippen LogP contribution in [0.3, 0.4) is 0 Å². The standard InChI is InChI=1S/C20H19Cl2N3O3/c1-12-18(19(22)25(24-12)11-14-4-2-3-5-15(14)21)20(28)23-9-8-13-6-7-16(26)17(27)10-13/h2-7,10,26-27H,8-9,11H2,1H3,(H,23,28). The summed E-state index contributed by atoms with van der Waals surface area (Å²) in [6.45, 7) is 2.43. The molecule has 1 heterocycles. The van der Waals surface area contributed by atoms with E-state index in [0.29, 0.717) is 35.8 Å². The number of rotatable bonds is 6. The molecule has 0 atom stereocenters. The quantitative estimate of drug-likeness (QED) is 0.528. The third-order valence-electron chi connectivity index (χ3n) is 4.31. The Morgan fingerprint density at radius 2 is 1.89 bits per heavy atom. The normalized spacial score (nSPS) is 10.8. The molecule has 1 aromatic heterocycles. The highest BCUT2D eigenvalue weighted by atomic mass is 35.5. The molecule has 3 N–H and O–H groups in total. The van der Waals surface area contributed by atoms with Gasteiger partial charge in [0, 0.05) is 11.6 Å². The van der Waals surface area contributed by atoms with Crippen molar-refractivity contribution >= 4 is 29.1 Å². The predicted molar refractivity (Wildman–Crippen MR) is 108 cm³/mol. The van der Waals surface area contributed by atoms with Gasteiger partial charge in [-0.25, -0.2) is 4.68 Å². The molecular formula is C20H19Cl2N3O3. The molecule has 146 valence electrons. The van der Waals surface area contributed by atoms with Crippen molar-refractivity contribution in [1.29, 1.82) is 0 Å². The SMILES string of the molecule is Cc1nn(Cc2ccccc2Cl)c(Cl)c1C(=O)NCCc1ccc(O)c(O)c1. The number of hydrogen-bond acceptors (Lipinski definition) is 4. The van der Waals surface area contributed by atoms with Crippen LogP contribution >= 0.6 is 23.2 Å². The first-order valence-corrected chi connectivity index (χ1v) is 9.37. The molecule has 6 nitrogen and oxygen atoms in total. The number of nitrogens with one attached hydrogen (secondary N) is 1. The second-order valence-corrected chi connectivity index (χ2v) is 7.09. The van der Waals surface area contributed by atoms with Crippen molar-refractivity contribution in [2.24, 2.45) is 0 Å². The van der Waals surface area contributed by atoms with E-state index in [1.54, 1.807) is 23.7 Å². The Hall–Kier alpha value is -2.70. The minimum Gasteiger partial charge on any atom is -0.504 e. The summed E-state index contributed by atoms with van der Waals surface area (Å²) in [7, 11) is 0. The topological polar surface area (TPSA) is 87.4 Å². The monoisotopic (exact) mass is 419 g/mol. The summed E-state index contributed by atoms with van der Waals surface area (Å²) in [5, 5.41) is 26.9. The molecule has 1 amide bonds. The molecule has 8 heteroatoms.